The predicted octanol–water partition coefficient (Wildman–Crippen LogP) is 2.31. The van der Waals surface area contributed by atoms with Crippen LogP contribution in [-0.4, -0.2) is 16.2 Å². The van der Waals surface area contributed by atoms with Gasteiger partial charge in [-0.3, -0.25) is 4.79 Å². The molecule has 0 saturated heterocycles. The van der Waals surface area contributed by atoms with Crippen LogP contribution in [0.1, 0.15) is 12.5 Å². The van der Waals surface area contributed by atoms with E-state index in [2.05, 4.69) is 0 Å². The number of carboxylic acid groups (broad SMARTS) is 1. The highest BCUT2D eigenvalue weighted by atomic mass is 35.5. The Morgan fingerprint density at radius 2 is 2.21 bits per heavy atom. The molecule has 76 valence electrons. The van der Waals surface area contributed by atoms with Gasteiger partial charge in [0.2, 0.25) is 0 Å². The number of rotatable bonds is 3. The number of benzene rings is 1. The number of carbonyl (C=O) groups is 1. The smallest absolute Gasteiger partial charge is 0.306 e. The Labute approximate surface area is 86.9 Å². The third kappa shape index (κ3) is 2.39. The first-order chi connectivity index (χ1) is 6.52. The minimum absolute atomic E-state index is 0.0123. The lowest BCUT2D eigenvalue weighted by Crippen LogP contribution is -2.12. The van der Waals surface area contributed by atoms with Gasteiger partial charge in [-0.2, -0.15) is 0 Å². The van der Waals surface area contributed by atoms with Crippen molar-refractivity contribution in [3.05, 3.63) is 28.8 Å². The Kier molecular flexibility index (Phi) is 3.36. The maximum Gasteiger partial charge on any atom is 0.306 e. The molecule has 14 heavy (non-hydrogen) atoms. The molecule has 3 nitrogen and oxygen atoms in total. The summed E-state index contributed by atoms with van der Waals surface area (Å²) in [4.78, 5) is 10.6. The minimum Gasteiger partial charge on any atom is -0.506 e. The van der Waals surface area contributed by atoms with Gasteiger partial charge in [0.15, 0.2) is 0 Å². The number of carboxylic acids is 1. The molecule has 1 rings (SSSR count). The fourth-order valence-electron chi connectivity index (χ4n) is 1.14. The second-order valence-electron chi connectivity index (χ2n) is 3.19. The second kappa shape index (κ2) is 4.33. The van der Waals surface area contributed by atoms with E-state index in [1.165, 1.54) is 6.07 Å². The molecule has 4 heteroatoms. The highest BCUT2D eigenvalue weighted by molar-refractivity contribution is 6.32. The zero-order valence-electron chi connectivity index (χ0n) is 7.70. The van der Waals surface area contributed by atoms with Crippen molar-refractivity contribution in [3.63, 3.8) is 0 Å². The van der Waals surface area contributed by atoms with Gasteiger partial charge < -0.3 is 10.2 Å². The van der Waals surface area contributed by atoms with Crippen LogP contribution in [0.4, 0.5) is 0 Å². The van der Waals surface area contributed by atoms with E-state index < -0.39 is 11.9 Å². The first-order valence-electron chi connectivity index (χ1n) is 4.21. The summed E-state index contributed by atoms with van der Waals surface area (Å²) in [7, 11) is 0. The second-order valence-corrected chi connectivity index (χ2v) is 3.57. The van der Waals surface area contributed by atoms with Crippen LogP contribution in [0.5, 0.6) is 5.75 Å². The Morgan fingerprint density at radius 3 is 2.79 bits per heavy atom. The molecule has 0 amide bonds. The van der Waals surface area contributed by atoms with Crippen LogP contribution < -0.4 is 0 Å². The van der Waals surface area contributed by atoms with Crippen LogP contribution in [0.25, 0.3) is 0 Å². The fourth-order valence-corrected chi connectivity index (χ4v) is 1.34. The molecule has 1 aromatic rings. The topological polar surface area (TPSA) is 57.5 Å². The SMILES string of the molecule is CC(Cc1cccc(O)c1Cl)C(=O)O. The van der Waals surface area contributed by atoms with E-state index in [0.29, 0.717) is 12.0 Å². The van der Waals surface area contributed by atoms with Crippen molar-refractivity contribution in [2.45, 2.75) is 13.3 Å². The molecule has 0 fully saturated rings. The van der Waals surface area contributed by atoms with Crippen LogP contribution >= 0.6 is 11.6 Å². The molecular formula is C10H11ClO3. The molecular weight excluding hydrogens is 204 g/mol. The third-order valence-electron chi connectivity index (χ3n) is 2.01. The van der Waals surface area contributed by atoms with Crippen LogP contribution in [0, 0.1) is 5.92 Å². The van der Waals surface area contributed by atoms with E-state index in [9.17, 15) is 9.90 Å². The molecule has 1 aromatic carbocycles. The lowest BCUT2D eigenvalue weighted by molar-refractivity contribution is -0.141. The molecule has 2 N–H and O–H groups in total. The van der Waals surface area contributed by atoms with Gasteiger partial charge in [0.1, 0.15) is 5.75 Å². The first kappa shape index (κ1) is 10.9. The van der Waals surface area contributed by atoms with Crippen molar-refractivity contribution in [1.29, 1.82) is 0 Å². The number of hydrogen-bond acceptors (Lipinski definition) is 2. The zero-order chi connectivity index (χ0) is 10.7. The minimum atomic E-state index is -0.871. The molecule has 0 aliphatic carbocycles. The fraction of sp³-hybridized carbons (Fsp3) is 0.300. The summed E-state index contributed by atoms with van der Waals surface area (Å²) in [6.45, 7) is 1.60. The Hall–Kier alpha value is -1.22. The number of aliphatic carboxylic acids is 1. The van der Waals surface area contributed by atoms with E-state index in [1.54, 1.807) is 19.1 Å². The van der Waals surface area contributed by atoms with Crippen molar-refractivity contribution < 1.29 is 15.0 Å². The van der Waals surface area contributed by atoms with Gasteiger partial charge in [0.25, 0.3) is 0 Å². The number of halogens is 1. The summed E-state index contributed by atoms with van der Waals surface area (Å²) >= 11 is 5.80. The van der Waals surface area contributed by atoms with Crippen LogP contribution in [-0.2, 0) is 11.2 Å². The Bertz CT molecular complexity index is 349. The van der Waals surface area contributed by atoms with Crippen molar-refractivity contribution >= 4 is 17.6 Å². The van der Waals surface area contributed by atoms with Gasteiger partial charge in [0, 0.05) is 0 Å². The van der Waals surface area contributed by atoms with Gasteiger partial charge in [-0.15, -0.1) is 0 Å². The predicted molar refractivity (Wildman–Crippen MR) is 53.6 cm³/mol. The molecule has 0 aliphatic heterocycles. The number of phenolic OH excluding ortho intramolecular Hbond substituents is 1. The molecule has 0 bridgehead atoms. The summed E-state index contributed by atoms with van der Waals surface area (Å²) in [5, 5.41) is 18.2. The average Bonchev–Trinajstić information content (AvgIpc) is 2.12. The standard InChI is InChI=1S/C10H11ClO3/c1-6(10(13)14)5-7-3-2-4-8(12)9(7)11/h2-4,6,12H,5H2,1H3,(H,13,14). The molecule has 0 radical (unpaired) electrons. The van der Waals surface area contributed by atoms with E-state index in [4.69, 9.17) is 16.7 Å². The summed E-state index contributed by atoms with van der Waals surface area (Å²) in [6.07, 6.45) is 0.322. The largest absolute Gasteiger partial charge is 0.506 e. The van der Waals surface area contributed by atoms with Gasteiger partial charge in [-0.05, 0) is 18.1 Å². The quantitative estimate of drug-likeness (QED) is 0.812. The van der Waals surface area contributed by atoms with Crippen molar-refractivity contribution in [2.75, 3.05) is 0 Å². The van der Waals surface area contributed by atoms with Crippen molar-refractivity contribution in [1.82, 2.24) is 0 Å². The number of hydrogen-bond donors (Lipinski definition) is 2. The molecule has 1 atom stereocenters. The molecule has 0 aromatic heterocycles. The van der Waals surface area contributed by atoms with Crippen LogP contribution in [0.2, 0.25) is 5.02 Å². The average molecular weight is 215 g/mol. The Morgan fingerprint density at radius 1 is 1.57 bits per heavy atom. The zero-order valence-corrected chi connectivity index (χ0v) is 8.45. The lowest BCUT2D eigenvalue weighted by atomic mass is 10.0. The summed E-state index contributed by atoms with van der Waals surface area (Å²) in [6, 6.07) is 4.82. The maximum atomic E-state index is 10.6. The molecule has 0 spiro atoms. The number of phenols is 1. The summed E-state index contributed by atoms with van der Waals surface area (Å²) in [5.41, 5.74) is 0.654. The highest BCUT2D eigenvalue weighted by Crippen LogP contribution is 2.28. The monoisotopic (exact) mass is 214 g/mol. The summed E-state index contributed by atoms with van der Waals surface area (Å²) < 4.78 is 0. The van der Waals surface area contributed by atoms with Crippen molar-refractivity contribution in [2.24, 2.45) is 5.92 Å². The molecule has 0 aliphatic rings. The molecule has 1 unspecified atom stereocenters. The maximum absolute atomic E-state index is 10.6. The van der Waals surface area contributed by atoms with E-state index in [-0.39, 0.29) is 10.8 Å². The van der Waals surface area contributed by atoms with Gasteiger partial charge in [-0.25, -0.2) is 0 Å². The van der Waals surface area contributed by atoms with E-state index in [1.807, 2.05) is 0 Å². The van der Waals surface area contributed by atoms with Crippen LogP contribution in [0.15, 0.2) is 18.2 Å². The number of aromatic hydroxyl groups is 1. The van der Waals surface area contributed by atoms with Gasteiger partial charge in [0.05, 0.1) is 10.9 Å². The van der Waals surface area contributed by atoms with Gasteiger partial charge >= 0.3 is 5.97 Å². The lowest BCUT2D eigenvalue weighted by Gasteiger charge is -2.08. The van der Waals surface area contributed by atoms with E-state index in [0.717, 1.165) is 0 Å². The van der Waals surface area contributed by atoms with Crippen molar-refractivity contribution in [3.8, 4) is 5.75 Å². The van der Waals surface area contributed by atoms with Crippen LogP contribution in [0.3, 0.4) is 0 Å². The Balaban J connectivity index is 2.87. The molecule has 0 heterocycles. The normalized spacial score (nSPS) is 12.4. The van der Waals surface area contributed by atoms with E-state index >= 15 is 0 Å². The third-order valence-corrected chi connectivity index (χ3v) is 2.44. The summed E-state index contributed by atoms with van der Waals surface area (Å²) in [5.74, 6) is -1.39. The molecule has 0 saturated carbocycles. The van der Waals surface area contributed by atoms with Gasteiger partial charge in [-0.1, -0.05) is 30.7 Å². The first-order valence-corrected chi connectivity index (χ1v) is 4.59. The highest BCUT2D eigenvalue weighted by Gasteiger charge is 2.14.